The van der Waals surface area contributed by atoms with Crippen molar-refractivity contribution in [3.8, 4) is 28.3 Å². The van der Waals surface area contributed by atoms with E-state index in [2.05, 4.69) is 34.6 Å². The summed E-state index contributed by atoms with van der Waals surface area (Å²) in [7, 11) is 0. The molecule has 1 atom stereocenters. The van der Waals surface area contributed by atoms with E-state index in [0.29, 0.717) is 5.88 Å². The molecule has 0 saturated heterocycles. The van der Waals surface area contributed by atoms with E-state index in [1.165, 1.54) is 5.56 Å². The SMILES string of the molecule is Cc1ccc(-c2nnc(OC(C)C(=O)Nc3ccccc3-c3ccccc3)c3ccccc23)cc1. The van der Waals surface area contributed by atoms with E-state index in [0.717, 1.165) is 38.8 Å². The van der Waals surface area contributed by atoms with Crippen molar-refractivity contribution >= 4 is 22.4 Å². The minimum Gasteiger partial charge on any atom is -0.463 e. The number of aryl methyl sites for hydroxylation is 1. The zero-order valence-corrected chi connectivity index (χ0v) is 19.6. The number of aromatic nitrogens is 2. The average molecular weight is 460 g/mol. The van der Waals surface area contributed by atoms with Gasteiger partial charge in [0.15, 0.2) is 6.10 Å². The zero-order chi connectivity index (χ0) is 24.2. The highest BCUT2D eigenvalue weighted by atomic mass is 16.5. The molecule has 0 aliphatic carbocycles. The molecule has 0 aliphatic heterocycles. The monoisotopic (exact) mass is 459 g/mol. The molecule has 0 bridgehead atoms. The highest BCUT2D eigenvalue weighted by Gasteiger charge is 2.20. The highest BCUT2D eigenvalue weighted by Crippen LogP contribution is 2.32. The van der Waals surface area contributed by atoms with Crippen LogP contribution in [-0.2, 0) is 4.79 Å². The molecule has 5 rings (SSSR count). The highest BCUT2D eigenvalue weighted by molar-refractivity contribution is 5.99. The van der Waals surface area contributed by atoms with Crippen LogP contribution in [0.4, 0.5) is 5.69 Å². The van der Waals surface area contributed by atoms with Gasteiger partial charge in [-0.3, -0.25) is 4.79 Å². The van der Waals surface area contributed by atoms with Gasteiger partial charge >= 0.3 is 0 Å². The van der Waals surface area contributed by atoms with Crippen LogP contribution >= 0.6 is 0 Å². The minimum absolute atomic E-state index is 0.262. The average Bonchev–Trinajstić information content (AvgIpc) is 2.90. The summed E-state index contributed by atoms with van der Waals surface area (Å²) in [5, 5.41) is 13.5. The maximum Gasteiger partial charge on any atom is 0.265 e. The number of carbonyl (C=O) groups is 1. The molecular weight excluding hydrogens is 434 g/mol. The van der Waals surface area contributed by atoms with Crippen LogP contribution < -0.4 is 10.1 Å². The van der Waals surface area contributed by atoms with Crippen molar-refractivity contribution < 1.29 is 9.53 Å². The van der Waals surface area contributed by atoms with Gasteiger partial charge in [0.05, 0.1) is 0 Å². The molecule has 1 N–H and O–H groups in total. The normalized spacial score (nSPS) is 11.7. The maximum atomic E-state index is 13.1. The van der Waals surface area contributed by atoms with Crippen molar-refractivity contribution in [2.24, 2.45) is 0 Å². The summed E-state index contributed by atoms with van der Waals surface area (Å²) in [5.41, 5.74) is 5.64. The summed E-state index contributed by atoms with van der Waals surface area (Å²) in [5.74, 6) is 0.0670. The van der Waals surface area contributed by atoms with E-state index in [4.69, 9.17) is 4.74 Å². The van der Waals surface area contributed by atoms with Gasteiger partial charge < -0.3 is 10.1 Å². The topological polar surface area (TPSA) is 64.1 Å². The quantitative estimate of drug-likeness (QED) is 0.308. The summed E-state index contributed by atoms with van der Waals surface area (Å²) in [4.78, 5) is 13.1. The van der Waals surface area contributed by atoms with E-state index < -0.39 is 6.10 Å². The van der Waals surface area contributed by atoms with Crippen molar-refractivity contribution in [2.45, 2.75) is 20.0 Å². The molecule has 1 unspecified atom stereocenters. The van der Waals surface area contributed by atoms with Crippen molar-refractivity contribution in [3.63, 3.8) is 0 Å². The molecule has 1 aromatic heterocycles. The Morgan fingerprint density at radius 3 is 2.17 bits per heavy atom. The van der Waals surface area contributed by atoms with E-state index in [-0.39, 0.29) is 5.91 Å². The number of nitrogens with zero attached hydrogens (tertiary/aromatic N) is 2. The Bertz CT molecular complexity index is 1480. The molecule has 0 aliphatic rings. The van der Waals surface area contributed by atoms with Crippen LogP contribution in [-0.4, -0.2) is 22.2 Å². The number of rotatable bonds is 6. The molecule has 1 amide bonds. The second kappa shape index (κ2) is 9.77. The summed E-state index contributed by atoms with van der Waals surface area (Å²) in [6, 6.07) is 33.7. The molecule has 5 heteroatoms. The predicted molar refractivity (Wildman–Crippen MR) is 140 cm³/mol. The van der Waals surface area contributed by atoms with Crippen molar-refractivity contribution in [1.29, 1.82) is 0 Å². The van der Waals surface area contributed by atoms with Crippen LogP contribution in [0.25, 0.3) is 33.2 Å². The fraction of sp³-hybridized carbons (Fsp3) is 0.100. The second-order valence-electron chi connectivity index (χ2n) is 8.43. The molecule has 5 aromatic rings. The molecule has 0 saturated carbocycles. The third-order valence-electron chi connectivity index (χ3n) is 5.91. The Kier molecular flexibility index (Phi) is 6.22. The lowest BCUT2D eigenvalue weighted by Gasteiger charge is -2.17. The molecule has 5 nitrogen and oxygen atoms in total. The molecule has 0 fully saturated rings. The lowest BCUT2D eigenvalue weighted by atomic mass is 10.0. The number of ether oxygens (including phenoxy) is 1. The summed E-state index contributed by atoms with van der Waals surface area (Å²) in [6.45, 7) is 3.76. The lowest BCUT2D eigenvalue weighted by molar-refractivity contribution is -0.122. The molecule has 1 heterocycles. The van der Waals surface area contributed by atoms with Crippen LogP contribution in [0.5, 0.6) is 5.88 Å². The number of benzene rings is 4. The number of hydrogen-bond donors (Lipinski definition) is 1. The fourth-order valence-electron chi connectivity index (χ4n) is 4.01. The largest absolute Gasteiger partial charge is 0.463 e. The van der Waals surface area contributed by atoms with Crippen LogP contribution in [0.1, 0.15) is 12.5 Å². The van der Waals surface area contributed by atoms with Crippen LogP contribution in [0.15, 0.2) is 103 Å². The lowest BCUT2D eigenvalue weighted by Crippen LogP contribution is -2.30. The Morgan fingerprint density at radius 2 is 1.40 bits per heavy atom. The molecule has 0 spiro atoms. The number of anilines is 1. The number of carbonyl (C=O) groups excluding carboxylic acids is 1. The Balaban J connectivity index is 1.40. The maximum absolute atomic E-state index is 13.1. The second-order valence-corrected chi connectivity index (χ2v) is 8.43. The van der Waals surface area contributed by atoms with E-state index in [1.807, 2.05) is 91.0 Å². The number of nitrogens with one attached hydrogen (secondary N) is 1. The standard InChI is InChI=1S/C30H25N3O2/c1-20-16-18-23(19-17-20)28-25-13-6-7-14-26(25)30(33-32-28)35-21(2)29(34)31-27-15-9-8-12-24(27)22-10-4-3-5-11-22/h3-19,21H,1-2H3,(H,31,34). The minimum atomic E-state index is -0.776. The van der Waals surface area contributed by atoms with E-state index in [9.17, 15) is 4.79 Å². The van der Waals surface area contributed by atoms with Crippen LogP contribution in [0, 0.1) is 6.92 Å². The zero-order valence-electron chi connectivity index (χ0n) is 19.6. The Morgan fingerprint density at radius 1 is 0.743 bits per heavy atom. The third-order valence-corrected chi connectivity index (χ3v) is 5.91. The Hall–Kier alpha value is -4.51. The fourth-order valence-corrected chi connectivity index (χ4v) is 4.01. The first-order valence-electron chi connectivity index (χ1n) is 11.5. The molecule has 172 valence electrons. The van der Waals surface area contributed by atoms with Crippen molar-refractivity contribution in [2.75, 3.05) is 5.32 Å². The van der Waals surface area contributed by atoms with E-state index >= 15 is 0 Å². The van der Waals surface area contributed by atoms with Gasteiger partial charge in [-0.25, -0.2) is 0 Å². The van der Waals surface area contributed by atoms with Gasteiger partial charge in [-0.15, -0.1) is 10.2 Å². The van der Waals surface area contributed by atoms with Gasteiger partial charge in [-0.1, -0.05) is 96.6 Å². The van der Waals surface area contributed by atoms with Crippen molar-refractivity contribution in [3.05, 3.63) is 109 Å². The first-order valence-corrected chi connectivity index (χ1v) is 11.5. The first kappa shape index (κ1) is 22.3. The number of para-hydroxylation sites is 1. The smallest absolute Gasteiger partial charge is 0.265 e. The molecular formula is C30H25N3O2. The van der Waals surface area contributed by atoms with Gasteiger partial charge in [0.2, 0.25) is 5.88 Å². The van der Waals surface area contributed by atoms with Gasteiger partial charge in [0, 0.05) is 27.6 Å². The van der Waals surface area contributed by atoms with Gasteiger partial charge in [0.1, 0.15) is 5.69 Å². The number of amides is 1. The summed E-state index contributed by atoms with van der Waals surface area (Å²) < 4.78 is 6.03. The van der Waals surface area contributed by atoms with Gasteiger partial charge in [-0.05, 0) is 31.5 Å². The van der Waals surface area contributed by atoms with Crippen LogP contribution in [0.3, 0.4) is 0 Å². The molecule has 0 radical (unpaired) electrons. The third kappa shape index (κ3) is 4.75. The van der Waals surface area contributed by atoms with Gasteiger partial charge in [0.25, 0.3) is 5.91 Å². The first-order chi connectivity index (χ1) is 17.1. The predicted octanol–water partition coefficient (Wildman–Crippen LogP) is 6.68. The van der Waals surface area contributed by atoms with Gasteiger partial charge in [-0.2, -0.15) is 0 Å². The summed E-state index contributed by atoms with van der Waals surface area (Å²) in [6.07, 6.45) is -0.776. The Labute approximate surface area is 204 Å². The van der Waals surface area contributed by atoms with Crippen molar-refractivity contribution in [1.82, 2.24) is 10.2 Å². The van der Waals surface area contributed by atoms with E-state index in [1.54, 1.807) is 6.92 Å². The van der Waals surface area contributed by atoms with Crippen LogP contribution in [0.2, 0.25) is 0 Å². The summed E-state index contributed by atoms with van der Waals surface area (Å²) >= 11 is 0. The molecule has 4 aromatic carbocycles. The number of hydrogen-bond acceptors (Lipinski definition) is 4. The number of fused-ring (bicyclic) bond motifs is 1. The molecule has 35 heavy (non-hydrogen) atoms.